The molecule has 18 heavy (non-hydrogen) atoms. The highest BCUT2D eigenvalue weighted by Gasteiger charge is 2.42. The molecule has 1 saturated heterocycles. The van der Waals surface area contributed by atoms with E-state index in [1.165, 1.54) is 0 Å². The lowest BCUT2D eigenvalue weighted by Crippen LogP contribution is -2.51. The summed E-state index contributed by atoms with van der Waals surface area (Å²) in [6.45, 7) is 6.79. The zero-order valence-corrected chi connectivity index (χ0v) is 12.4. The van der Waals surface area contributed by atoms with Crippen LogP contribution in [-0.4, -0.2) is 43.6 Å². The van der Waals surface area contributed by atoms with Crippen LogP contribution in [-0.2, 0) is 10.0 Å². The second kappa shape index (κ2) is 5.88. The van der Waals surface area contributed by atoms with Gasteiger partial charge in [0.2, 0.25) is 10.0 Å². The van der Waals surface area contributed by atoms with E-state index in [1.54, 1.807) is 4.31 Å². The van der Waals surface area contributed by atoms with Gasteiger partial charge in [-0.05, 0) is 38.1 Å². The molecule has 2 aliphatic rings. The first-order chi connectivity index (χ1) is 8.59. The molecule has 0 bridgehead atoms. The van der Waals surface area contributed by atoms with Gasteiger partial charge < -0.3 is 5.32 Å². The number of nitrogens with zero attached hydrogens (tertiary/aromatic N) is 1. The van der Waals surface area contributed by atoms with Gasteiger partial charge in [0.25, 0.3) is 0 Å². The maximum atomic E-state index is 12.2. The average molecular weight is 274 g/mol. The van der Waals surface area contributed by atoms with Crippen molar-refractivity contribution in [3.63, 3.8) is 0 Å². The van der Waals surface area contributed by atoms with Crippen molar-refractivity contribution in [2.45, 2.75) is 57.2 Å². The highest BCUT2D eigenvalue weighted by molar-refractivity contribution is 7.90. The number of sulfonamides is 1. The third-order valence-electron chi connectivity index (χ3n) is 4.18. The SMILES string of the molecule is CCCNC1CCN(S(=O)(=O)C2CC2)CC1CC. The van der Waals surface area contributed by atoms with Crippen LogP contribution in [0.15, 0.2) is 0 Å². The highest BCUT2D eigenvalue weighted by Crippen LogP contribution is 2.33. The molecule has 0 aromatic heterocycles. The second-order valence-corrected chi connectivity index (χ2v) is 7.83. The Labute approximate surface area is 111 Å². The molecule has 1 saturated carbocycles. The molecule has 2 rings (SSSR count). The Bertz CT molecular complexity index is 365. The van der Waals surface area contributed by atoms with Gasteiger partial charge in [-0.3, -0.25) is 0 Å². The molecule has 2 atom stereocenters. The molecule has 1 aliphatic heterocycles. The van der Waals surface area contributed by atoms with E-state index in [2.05, 4.69) is 19.2 Å². The summed E-state index contributed by atoms with van der Waals surface area (Å²) in [5, 5.41) is 3.51. The molecule has 0 aromatic rings. The van der Waals surface area contributed by atoms with Crippen LogP contribution in [0, 0.1) is 5.92 Å². The Morgan fingerprint density at radius 1 is 1.22 bits per heavy atom. The van der Waals surface area contributed by atoms with Crippen molar-refractivity contribution in [2.75, 3.05) is 19.6 Å². The number of nitrogens with one attached hydrogen (secondary N) is 1. The van der Waals surface area contributed by atoms with Crippen LogP contribution in [0.5, 0.6) is 0 Å². The maximum absolute atomic E-state index is 12.2. The predicted molar refractivity (Wildman–Crippen MR) is 74.0 cm³/mol. The van der Waals surface area contributed by atoms with Crippen LogP contribution in [0.3, 0.4) is 0 Å². The first-order valence-electron chi connectivity index (χ1n) is 7.32. The lowest BCUT2D eigenvalue weighted by molar-refractivity contribution is 0.202. The Morgan fingerprint density at radius 2 is 1.94 bits per heavy atom. The molecule has 5 heteroatoms. The van der Waals surface area contributed by atoms with Crippen LogP contribution in [0.1, 0.15) is 46.0 Å². The van der Waals surface area contributed by atoms with E-state index in [0.29, 0.717) is 18.5 Å². The molecule has 0 aromatic carbocycles. The Morgan fingerprint density at radius 3 is 2.50 bits per heavy atom. The Balaban J connectivity index is 1.95. The minimum absolute atomic E-state index is 0.0600. The molecule has 0 spiro atoms. The van der Waals surface area contributed by atoms with E-state index in [1.807, 2.05) is 0 Å². The molecule has 4 nitrogen and oxygen atoms in total. The van der Waals surface area contributed by atoms with Crippen molar-refractivity contribution in [2.24, 2.45) is 5.92 Å². The van der Waals surface area contributed by atoms with Crippen molar-refractivity contribution in [1.82, 2.24) is 9.62 Å². The standard InChI is InChI=1S/C13H26N2O2S/c1-3-8-14-13-7-9-15(10-11(13)4-2)18(16,17)12-5-6-12/h11-14H,3-10H2,1-2H3. The summed E-state index contributed by atoms with van der Waals surface area (Å²) in [4.78, 5) is 0. The van der Waals surface area contributed by atoms with Gasteiger partial charge >= 0.3 is 0 Å². The van der Waals surface area contributed by atoms with E-state index < -0.39 is 10.0 Å². The van der Waals surface area contributed by atoms with E-state index in [9.17, 15) is 8.42 Å². The maximum Gasteiger partial charge on any atom is 0.216 e. The molecule has 2 fully saturated rings. The molecular weight excluding hydrogens is 248 g/mol. The molecule has 1 aliphatic carbocycles. The first kappa shape index (κ1) is 14.3. The predicted octanol–water partition coefficient (Wildman–Crippen LogP) is 1.58. The summed E-state index contributed by atoms with van der Waals surface area (Å²) in [7, 11) is -2.97. The molecule has 0 radical (unpaired) electrons. The summed E-state index contributed by atoms with van der Waals surface area (Å²) >= 11 is 0. The average Bonchev–Trinajstić information content (AvgIpc) is 3.20. The van der Waals surface area contributed by atoms with Crippen LogP contribution < -0.4 is 5.32 Å². The van der Waals surface area contributed by atoms with Crippen molar-refractivity contribution >= 4 is 10.0 Å². The fourth-order valence-corrected chi connectivity index (χ4v) is 4.73. The smallest absolute Gasteiger partial charge is 0.216 e. The molecule has 1 N–H and O–H groups in total. The summed E-state index contributed by atoms with van der Waals surface area (Å²) < 4.78 is 26.2. The number of rotatable bonds is 6. The molecular formula is C13H26N2O2S. The van der Waals surface area contributed by atoms with E-state index in [0.717, 1.165) is 45.2 Å². The molecule has 2 unspecified atom stereocenters. The second-order valence-electron chi connectivity index (χ2n) is 5.62. The number of piperidine rings is 1. The van der Waals surface area contributed by atoms with Crippen LogP contribution in [0.25, 0.3) is 0 Å². The van der Waals surface area contributed by atoms with Crippen molar-refractivity contribution in [1.29, 1.82) is 0 Å². The molecule has 1 heterocycles. The minimum Gasteiger partial charge on any atom is -0.314 e. The molecule has 0 amide bonds. The van der Waals surface area contributed by atoms with Crippen molar-refractivity contribution in [3.8, 4) is 0 Å². The third-order valence-corrected chi connectivity index (χ3v) is 6.55. The first-order valence-corrected chi connectivity index (χ1v) is 8.82. The quantitative estimate of drug-likeness (QED) is 0.800. The zero-order chi connectivity index (χ0) is 13.2. The lowest BCUT2D eigenvalue weighted by atomic mass is 9.91. The normalized spacial score (nSPS) is 30.6. The zero-order valence-electron chi connectivity index (χ0n) is 11.6. The van der Waals surface area contributed by atoms with Gasteiger partial charge in [0.05, 0.1) is 5.25 Å². The minimum atomic E-state index is -2.97. The summed E-state index contributed by atoms with van der Waals surface area (Å²) in [6.07, 6.45) is 4.89. The molecule has 106 valence electrons. The summed E-state index contributed by atoms with van der Waals surface area (Å²) in [5.41, 5.74) is 0. The van der Waals surface area contributed by atoms with Crippen LogP contribution in [0.4, 0.5) is 0 Å². The fraction of sp³-hybridized carbons (Fsp3) is 1.00. The summed E-state index contributed by atoms with van der Waals surface area (Å²) in [5.74, 6) is 0.471. The third kappa shape index (κ3) is 3.06. The van der Waals surface area contributed by atoms with E-state index in [4.69, 9.17) is 0 Å². The number of hydrogen-bond acceptors (Lipinski definition) is 3. The van der Waals surface area contributed by atoms with Gasteiger partial charge in [0.1, 0.15) is 0 Å². The topological polar surface area (TPSA) is 49.4 Å². The van der Waals surface area contributed by atoms with E-state index >= 15 is 0 Å². The summed E-state index contributed by atoms with van der Waals surface area (Å²) in [6, 6.07) is 0.501. The van der Waals surface area contributed by atoms with Crippen LogP contribution >= 0.6 is 0 Å². The fourth-order valence-electron chi connectivity index (χ4n) is 2.82. The monoisotopic (exact) mass is 274 g/mol. The lowest BCUT2D eigenvalue weighted by Gasteiger charge is -2.38. The van der Waals surface area contributed by atoms with Gasteiger partial charge in [-0.2, -0.15) is 0 Å². The Kier molecular flexibility index (Phi) is 4.67. The van der Waals surface area contributed by atoms with Crippen molar-refractivity contribution in [3.05, 3.63) is 0 Å². The Hall–Kier alpha value is -0.130. The van der Waals surface area contributed by atoms with E-state index in [-0.39, 0.29) is 5.25 Å². The number of hydrogen-bond donors (Lipinski definition) is 1. The highest BCUT2D eigenvalue weighted by atomic mass is 32.2. The van der Waals surface area contributed by atoms with Crippen molar-refractivity contribution < 1.29 is 8.42 Å². The van der Waals surface area contributed by atoms with Gasteiger partial charge in [0.15, 0.2) is 0 Å². The largest absolute Gasteiger partial charge is 0.314 e. The van der Waals surface area contributed by atoms with Gasteiger partial charge in [-0.1, -0.05) is 20.3 Å². The van der Waals surface area contributed by atoms with Gasteiger partial charge in [-0.25, -0.2) is 12.7 Å². The van der Waals surface area contributed by atoms with Gasteiger partial charge in [-0.15, -0.1) is 0 Å². The van der Waals surface area contributed by atoms with Crippen LogP contribution in [0.2, 0.25) is 0 Å². The van der Waals surface area contributed by atoms with Gasteiger partial charge in [0, 0.05) is 19.1 Å².